The van der Waals surface area contributed by atoms with Gasteiger partial charge >= 0.3 is 5.97 Å². The van der Waals surface area contributed by atoms with E-state index in [9.17, 15) is 14.7 Å². The topological polar surface area (TPSA) is 92.6 Å². The van der Waals surface area contributed by atoms with Gasteiger partial charge in [0.15, 0.2) is 0 Å². The Balaban J connectivity index is 2.12. The fourth-order valence-electron chi connectivity index (χ4n) is 3.43. The number of hydrogen-bond donors (Lipinski definition) is 1. The Morgan fingerprint density at radius 3 is 2.44 bits per heavy atom. The van der Waals surface area contributed by atoms with Crippen LogP contribution in [0.3, 0.4) is 0 Å². The fourth-order valence-corrected chi connectivity index (χ4v) is 3.43. The summed E-state index contributed by atoms with van der Waals surface area (Å²) in [7, 11) is 0. The lowest BCUT2D eigenvalue weighted by atomic mass is 9.97. The Bertz CT molecular complexity index is 878. The highest BCUT2D eigenvalue weighted by Gasteiger charge is 2.30. The summed E-state index contributed by atoms with van der Waals surface area (Å²) >= 11 is 0. The van der Waals surface area contributed by atoms with Crippen LogP contribution in [0.25, 0.3) is 0 Å². The third-order valence-corrected chi connectivity index (χ3v) is 4.47. The molecule has 7 nitrogen and oxygen atoms in total. The van der Waals surface area contributed by atoms with Gasteiger partial charge in [-0.05, 0) is 26.8 Å². The Hall–Kier alpha value is -2.87. The van der Waals surface area contributed by atoms with Crippen LogP contribution in [-0.4, -0.2) is 52.1 Å². The molecule has 2 aromatic rings. The standard InChI is InChI=1S/C19H20FN3O4/c1-10-8-23(9-11(2)27-10)17-12(3)16(20)13(6-14(17)19(25)26)18(24)15-7-21-4-5-22-15/h4-7,10-11H,8-9H2,1-3H3,(H,25,26). The predicted octanol–water partition coefficient (Wildman–Crippen LogP) is 2.47. The average Bonchev–Trinajstić information content (AvgIpc) is 2.62. The van der Waals surface area contributed by atoms with Crippen LogP contribution in [0.2, 0.25) is 0 Å². The van der Waals surface area contributed by atoms with Crippen molar-refractivity contribution in [2.45, 2.75) is 33.0 Å². The highest BCUT2D eigenvalue weighted by Crippen LogP contribution is 2.33. The van der Waals surface area contributed by atoms with Crippen LogP contribution in [0.15, 0.2) is 24.7 Å². The normalized spacial score (nSPS) is 19.8. The van der Waals surface area contributed by atoms with E-state index in [1.54, 1.807) is 4.90 Å². The van der Waals surface area contributed by atoms with Crippen LogP contribution >= 0.6 is 0 Å². The second-order valence-electron chi connectivity index (χ2n) is 6.65. The molecule has 0 aliphatic carbocycles. The summed E-state index contributed by atoms with van der Waals surface area (Å²) in [6.07, 6.45) is 3.68. The summed E-state index contributed by atoms with van der Waals surface area (Å²) in [5.74, 6) is -2.69. The van der Waals surface area contributed by atoms with Crippen molar-refractivity contribution in [3.05, 3.63) is 52.9 Å². The number of benzene rings is 1. The summed E-state index contributed by atoms with van der Waals surface area (Å²) in [5, 5.41) is 9.70. The average molecular weight is 373 g/mol. The van der Waals surface area contributed by atoms with Gasteiger partial charge in [0, 0.05) is 31.0 Å². The van der Waals surface area contributed by atoms with Gasteiger partial charge in [0.25, 0.3) is 0 Å². The van der Waals surface area contributed by atoms with E-state index >= 15 is 4.39 Å². The van der Waals surface area contributed by atoms with Crippen molar-refractivity contribution in [3.8, 4) is 0 Å². The van der Waals surface area contributed by atoms with Crippen molar-refractivity contribution in [3.63, 3.8) is 0 Å². The summed E-state index contributed by atoms with van der Waals surface area (Å²) in [6, 6.07) is 1.09. The van der Waals surface area contributed by atoms with Crippen molar-refractivity contribution in [1.82, 2.24) is 9.97 Å². The number of morpholine rings is 1. The molecule has 0 saturated carbocycles. The van der Waals surface area contributed by atoms with Crippen LogP contribution in [0.5, 0.6) is 0 Å². The number of halogens is 1. The highest BCUT2D eigenvalue weighted by atomic mass is 19.1. The van der Waals surface area contributed by atoms with Crippen LogP contribution in [0, 0.1) is 12.7 Å². The van der Waals surface area contributed by atoms with E-state index in [4.69, 9.17) is 4.74 Å². The first-order valence-corrected chi connectivity index (χ1v) is 8.57. The van der Waals surface area contributed by atoms with Crippen LogP contribution in [0.4, 0.5) is 10.1 Å². The number of ether oxygens (including phenoxy) is 1. The van der Waals surface area contributed by atoms with Crippen molar-refractivity contribution < 1.29 is 23.8 Å². The fraction of sp³-hybridized carbons (Fsp3) is 0.368. The molecule has 0 amide bonds. The minimum Gasteiger partial charge on any atom is -0.478 e. The van der Waals surface area contributed by atoms with E-state index in [0.29, 0.717) is 13.1 Å². The Morgan fingerprint density at radius 1 is 1.22 bits per heavy atom. The van der Waals surface area contributed by atoms with Gasteiger partial charge in [-0.15, -0.1) is 0 Å². The molecular formula is C19H20FN3O4. The maximum Gasteiger partial charge on any atom is 0.337 e. The van der Waals surface area contributed by atoms with Gasteiger partial charge in [-0.25, -0.2) is 14.2 Å². The number of carboxylic acid groups (broad SMARTS) is 1. The first-order chi connectivity index (χ1) is 12.8. The third-order valence-electron chi connectivity index (χ3n) is 4.47. The monoisotopic (exact) mass is 373 g/mol. The molecule has 0 bridgehead atoms. The molecular weight excluding hydrogens is 353 g/mol. The van der Waals surface area contributed by atoms with Gasteiger partial charge in [0.2, 0.25) is 5.78 Å². The van der Waals surface area contributed by atoms with Crippen molar-refractivity contribution in [2.75, 3.05) is 18.0 Å². The molecule has 0 radical (unpaired) electrons. The Kier molecular flexibility index (Phi) is 5.18. The summed E-state index contributed by atoms with van der Waals surface area (Å²) in [6.45, 7) is 6.10. The van der Waals surface area contributed by atoms with Crippen LogP contribution in [0.1, 0.15) is 45.8 Å². The van der Waals surface area contributed by atoms with E-state index in [1.165, 1.54) is 25.5 Å². The number of anilines is 1. The van der Waals surface area contributed by atoms with Gasteiger partial charge in [-0.1, -0.05) is 0 Å². The molecule has 1 saturated heterocycles. The zero-order valence-corrected chi connectivity index (χ0v) is 15.3. The molecule has 1 aromatic carbocycles. The molecule has 8 heteroatoms. The number of nitrogens with zero attached hydrogens (tertiary/aromatic N) is 3. The van der Waals surface area contributed by atoms with E-state index in [-0.39, 0.29) is 40.3 Å². The smallest absolute Gasteiger partial charge is 0.337 e. The largest absolute Gasteiger partial charge is 0.478 e. The van der Waals surface area contributed by atoms with E-state index in [0.717, 1.165) is 6.07 Å². The predicted molar refractivity (Wildman–Crippen MR) is 95.8 cm³/mol. The van der Waals surface area contributed by atoms with Gasteiger partial charge in [0.05, 0.1) is 35.2 Å². The number of carbonyl (C=O) groups is 2. The van der Waals surface area contributed by atoms with Gasteiger partial charge in [0.1, 0.15) is 11.5 Å². The van der Waals surface area contributed by atoms with Crippen molar-refractivity contribution >= 4 is 17.4 Å². The van der Waals surface area contributed by atoms with Gasteiger partial charge in [-0.2, -0.15) is 0 Å². The number of aromatic nitrogens is 2. The Labute approximate surface area is 155 Å². The molecule has 2 heterocycles. The zero-order chi connectivity index (χ0) is 19.7. The minimum atomic E-state index is -1.23. The number of aromatic carboxylic acids is 1. The highest BCUT2D eigenvalue weighted by molar-refractivity contribution is 6.10. The molecule has 1 aliphatic heterocycles. The molecule has 1 N–H and O–H groups in total. The number of ketones is 1. The molecule has 1 aliphatic rings. The lowest BCUT2D eigenvalue weighted by Crippen LogP contribution is -2.46. The number of rotatable bonds is 4. The molecule has 0 spiro atoms. The minimum absolute atomic E-state index is 0.0477. The maximum atomic E-state index is 15.1. The zero-order valence-electron chi connectivity index (χ0n) is 15.3. The SMILES string of the molecule is Cc1c(F)c(C(=O)c2cnccn2)cc(C(=O)O)c1N1CC(C)OC(C)C1. The van der Waals surface area contributed by atoms with E-state index in [1.807, 2.05) is 13.8 Å². The molecule has 2 unspecified atom stereocenters. The number of carboxylic acids is 1. The first kappa shape index (κ1) is 18.9. The molecule has 1 aromatic heterocycles. The summed E-state index contributed by atoms with van der Waals surface area (Å²) in [4.78, 5) is 34.0. The third kappa shape index (κ3) is 3.66. The van der Waals surface area contributed by atoms with Crippen molar-refractivity contribution in [2.24, 2.45) is 0 Å². The van der Waals surface area contributed by atoms with E-state index in [2.05, 4.69) is 9.97 Å². The lowest BCUT2D eigenvalue weighted by Gasteiger charge is -2.38. The quantitative estimate of drug-likeness (QED) is 0.823. The number of hydrogen-bond acceptors (Lipinski definition) is 6. The molecule has 3 rings (SSSR count). The van der Waals surface area contributed by atoms with Crippen LogP contribution < -0.4 is 4.90 Å². The molecule has 1 fully saturated rings. The second kappa shape index (κ2) is 7.40. The molecule has 142 valence electrons. The van der Waals surface area contributed by atoms with Crippen molar-refractivity contribution in [1.29, 1.82) is 0 Å². The van der Waals surface area contributed by atoms with E-state index < -0.39 is 17.6 Å². The molecule has 27 heavy (non-hydrogen) atoms. The lowest BCUT2D eigenvalue weighted by molar-refractivity contribution is -0.00537. The van der Waals surface area contributed by atoms with Gasteiger partial charge < -0.3 is 14.7 Å². The summed E-state index contributed by atoms with van der Waals surface area (Å²) < 4.78 is 20.7. The summed E-state index contributed by atoms with van der Waals surface area (Å²) in [5.41, 5.74) is -0.111. The Morgan fingerprint density at radius 2 is 1.89 bits per heavy atom. The molecule has 2 atom stereocenters. The first-order valence-electron chi connectivity index (χ1n) is 8.57. The van der Waals surface area contributed by atoms with Crippen LogP contribution in [-0.2, 0) is 4.74 Å². The van der Waals surface area contributed by atoms with Gasteiger partial charge in [-0.3, -0.25) is 9.78 Å². The second-order valence-corrected chi connectivity index (χ2v) is 6.65. The maximum absolute atomic E-state index is 15.1. The number of carbonyl (C=O) groups excluding carboxylic acids is 1.